The van der Waals surface area contributed by atoms with Gasteiger partial charge in [0, 0.05) is 0 Å². The van der Waals surface area contributed by atoms with Gasteiger partial charge >= 0.3 is 12.1 Å². The van der Waals surface area contributed by atoms with E-state index in [9.17, 15) is 22.8 Å². The van der Waals surface area contributed by atoms with Crippen molar-refractivity contribution in [2.24, 2.45) is 0 Å². The monoisotopic (exact) mass is 296 g/mol. The lowest BCUT2D eigenvalue weighted by molar-refractivity contribution is -0.144. The molecule has 0 saturated carbocycles. The summed E-state index contributed by atoms with van der Waals surface area (Å²) in [5, 5.41) is 0. The van der Waals surface area contributed by atoms with Crippen molar-refractivity contribution in [3.8, 4) is 12.3 Å². The molecule has 1 aromatic rings. The van der Waals surface area contributed by atoms with E-state index in [0.717, 1.165) is 18.2 Å². The quantitative estimate of drug-likeness (QED) is 0.363. The van der Waals surface area contributed by atoms with Crippen molar-refractivity contribution in [2.75, 3.05) is 6.61 Å². The number of allylic oxidation sites excluding steroid dienone is 1. The topological polar surface area (TPSA) is 43.4 Å². The Kier molecular flexibility index (Phi) is 5.73. The maximum atomic E-state index is 12.7. The summed E-state index contributed by atoms with van der Waals surface area (Å²) in [5.41, 5.74) is -1.01. The number of terminal acetylenes is 1. The molecule has 0 heterocycles. The number of hydrogen-bond acceptors (Lipinski definition) is 3. The molecule has 0 aliphatic heterocycles. The molecule has 110 valence electrons. The predicted octanol–water partition coefficient (Wildman–Crippen LogP) is 2.85. The standard InChI is InChI=1S/C15H11F3O3/c1-2-9-21-14(20)10-12(19)8-7-11-5-3-4-6-13(11)15(16,17)18/h1,3-8H,9-10H2. The van der Waals surface area contributed by atoms with Gasteiger partial charge in [0.25, 0.3) is 0 Å². The van der Waals surface area contributed by atoms with Crippen LogP contribution < -0.4 is 0 Å². The van der Waals surface area contributed by atoms with Gasteiger partial charge in [0.1, 0.15) is 6.42 Å². The number of halogens is 3. The van der Waals surface area contributed by atoms with Crippen LogP contribution in [0, 0.1) is 12.3 Å². The number of benzene rings is 1. The van der Waals surface area contributed by atoms with E-state index < -0.39 is 29.9 Å². The lowest BCUT2D eigenvalue weighted by Crippen LogP contribution is -2.10. The number of carbonyl (C=O) groups excluding carboxylic acids is 2. The Balaban J connectivity index is 2.76. The fraction of sp³-hybridized carbons (Fsp3) is 0.200. The van der Waals surface area contributed by atoms with Gasteiger partial charge in [0.05, 0.1) is 5.56 Å². The van der Waals surface area contributed by atoms with Crippen molar-refractivity contribution < 1.29 is 27.5 Å². The maximum absolute atomic E-state index is 12.7. The molecule has 0 bridgehead atoms. The first-order valence-electron chi connectivity index (χ1n) is 5.81. The van der Waals surface area contributed by atoms with Gasteiger partial charge in [-0.05, 0) is 17.7 Å². The van der Waals surface area contributed by atoms with Crippen LogP contribution in [-0.4, -0.2) is 18.4 Å². The second-order valence-corrected chi connectivity index (χ2v) is 3.93. The average Bonchev–Trinajstić information content (AvgIpc) is 2.42. The third-order valence-corrected chi connectivity index (χ3v) is 2.35. The normalized spacial score (nSPS) is 11.1. The van der Waals surface area contributed by atoms with E-state index in [1.54, 1.807) is 0 Å². The summed E-state index contributed by atoms with van der Waals surface area (Å²) in [6.07, 6.45) is 1.69. The third-order valence-electron chi connectivity index (χ3n) is 2.35. The number of ether oxygens (including phenoxy) is 1. The van der Waals surface area contributed by atoms with E-state index in [2.05, 4.69) is 10.7 Å². The minimum absolute atomic E-state index is 0.157. The zero-order valence-electron chi connectivity index (χ0n) is 10.8. The Labute approximate surface area is 119 Å². The second-order valence-electron chi connectivity index (χ2n) is 3.93. The molecule has 0 saturated heterocycles. The Morgan fingerprint density at radius 1 is 1.29 bits per heavy atom. The molecule has 0 amide bonds. The van der Waals surface area contributed by atoms with Gasteiger partial charge in [-0.25, -0.2) is 0 Å². The molecule has 1 aromatic carbocycles. The summed E-state index contributed by atoms with van der Waals surface area (Å²) >= 11 is 0. The number of rotatable bonds is 5. The molecular formula is C15H11F3O3. The molecule has 0 radical (unpaired) electrons. The number of esters is 1. The Morgan fingerprint density at radius 3 is 2.57 bits per heavy atom. The molecule has 0 unspecified atom stereocenters. The molecule has 0 aliphatic carbocycles. The zero-order chi connectivity index (χ0) is 15.9. The SMILES string of the molecule is C#CCOC(=O)CC(=O)C=Cc1ccccc1C(F)(F)F. The first kappa shape index (κ1) is 16.5. The van der Waals surface area contributed by atoms with Crippen LogP contribution in [0.2, 0.25) is 0 Å². The minimum atomic E-state index is -4.52. The highest BCUT2D eigenvalue weighted by Crippen LogP contribution is 2.32. The van der Waals surface area contributed by atoms with E-state index in [1.165, 1.54) is 18.2 Å². The van der Waals surface area contributed by atoms with Crippen LogP contribution in [0.3, 0.4) is 0 Å². The van der Waals surface area contributed by atoms with E-state index in [-0.39, 0.29) is 12.2 Å². The van der Waals surface area contributed by atoms with Crippen molar-refractivity contribution in [3.05, 3.63) is 41.5 Å². The van der Waals surface area contributed by atoms with Gasteiger partial charge < -0.3 is 4.74 Å². The summed E-state index contributed by atoms with van der Waals surface area (Å²) in [4.78, 5) is 22.5. The highest BCUT2D eigenvalue weighted by molar-refractivity contribution is 6.04. The van der Waals surface area contributed by atoms with Crippen molar-refractivity contribution >= 4 is 17.8 Å². The number of alkyl halides is 3. The van der Waals surface area contributed by atoms with Crippen LogP contribution in [0.15, 0.2) is 30.3 Å². The molecule has 0 fully saturated rings. The molecular weight excluding hydrogens is 285 g/mol. The Bertz CT molecular complexity index is 595. The van der Waals surface area contributed by atoms with Gasteiger partial charge in [-0.2, -0.15) is 13.2 Å². The molecule has 0 N–H and O–H groups in total. The van der Waals surface area contributed by atoms with Gasteiger partial charge in [0.2, 0.25) is 0 Å². The largest absolute Gasteiger partial charge is 0.452 e. The Morgan fingerprint density at radius 2 is 1.95 bits per heavy atom. The smallest absolute Gasteiger partial charge is 0.416 e. The van der Waals surface area contributed by atoms with Gasteiger partial charge in [-0.1, -0.05) is 30.2 Å². The molecule has 21 heavy (non-hydrogen) atoms. The molecule has 0 aliphatic rings. The third kappa shape index (κ3) is 5.53. The summed E-state index contributed by atoms with van der Waals surface area (Å²) in [5.74, 6) is 0.557. The fourth-order valence-electron chi connectivity index (χ4n) is 1.46. The Hall–Kier alpha value is -2.55. The van der Waals surface area contributed by atoms with Crippen LogP contribution in [0.4, 0.5) is 13.2 Å². The van der Waals surface area contributed by atoms with E-state index in [4.69, 9.17) is 6.42 Å². The predicted molar refractivity (Wildman–Crippen MR) is 69.9 cm³/mol. The van der Waals surface area contributed by atoms with Crippen molar-refractivity contribution in [1.29, 1.82) is 0 Å². The first-order chi connectivity index (χ1) is 9.84. The van der Waals surface area contributed by atoms with Crippen LogP contribution >= 0.6 is 0 Å². The summed E-state index contributed by atoms with van der Waals surface area (Å²) in [6.45, 7) is -0.257. The lowest BCUT2D eigenvalue weighted by atomic mass is 10.1. The number of ketones is 1. The number of hydrogen-bond donors (Lipinski definition) is 0. The highest BCUT2D eigenvalue weighted by Gasteiger charge is 2.32. The average molecular weight is 296 g/mol. The van der Waals surface area contributed by atoms with Crippen LogP contribution in [0.1, 0.15) is 17.5 Å². The molecule has 1 rings (SSSR count). The van der Waals surface area contributed by atoms with Gasteiger partial charge in [-0.3, -0.25) is 9.59 Å². The summed E-state index contributed by atoms with van der Waals surface area (Å²) in [6, 6.07) is 4.80. The van der Waals surface area contributed by atoms with E-state index in [0.29, 0.717) is 0 Å². The van der Waals surface area contributed by atoms with Crippen LogP contribution in [0.5, 0.6) is 0 Å². The minimum Gasteiger partial charge on any atom is -0.452 e. The van der Waals surface area contributed by atoms with Gasteiger partial charge in [-0.15, -0.1) is 6.42 Å². The summed E-state index contributed by atoms with van der Waals surface area (Å²) in [7, 11) is 0. The maximum Gasteiger partial charge on any atom is 0.416 e. The van der Waals surface area contributed by atoms with Crippen molar-refractivity contribution in [3.63, 3.8) is 0 Å². The molecule has 0 aromatic heterocycles. The highest BCUT2D eigenvalue weighted by atomic mass is 19.4. The van der Waals surface area contributed by atoms with Gasteiger partial charge in [0.15, 0.2) is 12.4 Å². The molecule has 0 spiro atoms. The second kappa shape index (κ2) is 7.29. The fourth-order valence-corrected chi connectivity index (χ4v) is 1.46. The van der Waals surface area contributed by atoms with Crippen molar-refractivity contribution in [2.45, 2.75) is 12.6 Å². The molecule has 0 atom stereocenters. The zero-order valence-corrected chi connectivity index (χ0v) is 10.8. The van der Waals surface area contributed by atoms with Crippen LogP contribution in [0.25, 0.3) is 6.08 Å². The van der Waals surface area contributed by atoms with E-state index >= 15 is 0 Å². The number of carbonyl (C=O) groups is 2. The van der Waals surface area contributed by atoms with E-state index in [1.807, 2.05) is 0 Å². The lowest BCUT2D eigenvalue weighted by Gasteiger charge is -2.09. The first-order valence-corrected chi connectivity index (χ1v) is 5.81. The van der Waals surface area contributed by atoms with Crippen LogP contribution in [-0.2, 0) is 20.5 Å². The summed E-state index contributed by atoms with van der Waals surface area (Å²) < 4.78 is 42.6. The van der Waals surface area contributed by atoms with Crippen molar-refractivity contribution in [1.82, 2.24) is 0 Å². The molecule has 6 heteroatoms. The molecule has 3 nitrogen and oxygen atoms in total.